The van der Waals surface area contributed by atoms with Gasteiger partial charge in [0.15, 0.2) is 0 Å². The zero-order chi connectivity index (χ0) is 14.5. The van der Waals surface area contributed by atoms with Crippen molar-refractivity contribution in [1.82, 2.24) is 14.9 Å². The van der Waals surface area contributed by atoms with Gasteiger partial charge in [-0.2, -0.15) is 9.78 Å². The van der Waals surface area contributed by atoms with Crippen LogP contribution >= 0.6 is 24.4 Å². The van der Waals surface area contributed by atoms with Crippen LogP contribution in [0.15, 0.2) is 23.3 Å². The molecule has 0 saturated heterocycles. The molecule has 2 rings (SSSR count). The van der Waals surface area contributed by atoms with Crippen LogP contribution in [-0.2, 0) is 0 Å². The predicted octanol–water partition coefficient (Wildman–Crippen LogP) is 2.98. The van der Waals surface area contributed by atoms with Gasteiger partial charge in [0.1, 0.15) is 11.5 Å². The van der Waals surface area contributed by atoms with Crippen molar-refractivity contribution in [2.24, 2.45) is 5.10 Å². The van der Waals surface area contributed by atoms with Crippen LogP contribution < -0.4 is 4.74 Å². The van der Waals surface area contributed by atoms with Gasteiger partial charge in [-0.05, 0) is 43.0 Å². The summed E-state index contributed by atoms with van der Waals surface area (Å²) in [5.74, 6) is 0.705. The lowest BCUT2D eigenvalue weighted by Crippen LogP contribution is -1.96. The van der Waals surface area contributed by atoms with E-state index in [2.05, 4.69) is 15.3 Å². The number of hydrogen-bond donors (Lipinski definition) is 3. The average Bonchev–Trinajstić information content (AvgIpc) is 2.75. The Morgan fingerprint density at radius 1 is 1.35 bits per heavy atom. The van der Waals surface area contributed by atoms with E-state index < -0.39 is 0 Å². The maximum absolute atomic E-state index is 9.91. The fourth-order valence-corrected chi connectivity index (χ4v) is 1.91. The quantitative estimate of drug-likeness (QED) is 0.586. The second-order valence-electron chi connectivity index (χ2n) is 3.99. The summed E-state index contributed by atoms with van der Waals surface area (Å²) < 4.78 is 7.49. The van der Waals surface area contributed by atoms with Gasteiger partial charge in [-0.15, -0.1) is 0 Å². The van der Waals surface area contributed by atoms with E-state index in [4.69, 9.17) is 29.2 Å². The third-order valence-corrected chi connectivity index (χ3v) is 3.00. The number of phenolic OH excluding ortho intramolecular Hbond substituents is 1. The van der Waals surface area contributed by atoms with Crippen molar-refractivity contribution in [2.75, 3.05) is 6.61 Å². The van der Waals surface area contributed by atoms with Crippen LogP contribution in [0, 0.1) is 9.54 Å². The van der Waals surface area contributed by atoms with Crippen LogP contribution in [0.3, 0.4) is 0 Å². The minimum Gasteiger partial charge on any atom is -0.507 e. The van der Waals surface area contributed by atoms with E-state index >= 15 is 0 Å². The number of nitrogens with zero attached hydrogens (tertiary/aromatic N) is 2. The lowest BCUT2D eigenvalue weighted by atomic mass is 10.2. The molecular weight excluding hydrogens is 296 g/mol. The van der Waals surface area contributed by atoms with Gasteiger partial charge in [-0.3, -0.25) is 10.2 Å². The number of rotatable bonds is 5. The summed E-state index contributed by atoms with van der Waals surface area (Å²) in [5, 5.41) is 19.4. The van der Waals surface area contributed by atoms with E-state index in [-0.39, 0.29) is 5.75 Å². The van der Waals surface area contributed by atoms with E-state index in [0.717, 1.165) is 6.42 Å². The molecule has 2 aromatic rings. The topological polar surface area (TPSA) is 78.3 Å². The normalized spacial score (nSPS) is 11.1. The van der Waals surface area contributed by atoms with Gasteiger partial charge >= 0.3 is 0 Å². The molecule has 0 aliphatic heterocycles. The van der Waals surface area contributed by atoms with Gasteiger partial charge in [-0.25, -0.2) is 0 Å². The van der Waals surface area contributed by atoms with Crippen molar-refractivity contribution in [1.29, 1.82) is 0 Å². The first-order chi connectivity index (χ1) is 9.61. The van der Waals surface area contributed by atoms with Crippen molar-refractivity contribution < 1.29 is 9.84 Å². The summed E-state index contributed by atoms with van der Waals surface area (Å²) in [6.07, 6.45) is 2.39. The zero-order valence-corrected chi connectivity index (χ0v) is 12.4. The van der Waals surface area contributed by atoms with Gasteiger partial charge in [0.05, 0.1) is 12.8 Å². The average molecular weight is 310 g/mol. The number of aromatic hydroxyl groups is 1. The monoisotopic (exact) mass is 310 g/mol. The summed E-state index contributed by atoms with van der Waals surface area (Å²) >= 11 is 10.0. The molecule has 1 aromatic heterocycles. The van der Waals surface area contributed by atoms with Crippen molar-refractivity contribution in [3.63, 3.8) is 0 Å². The highest BCUT2D eigenvalue weighted by Gasteiger charge is 2.02. The standard InChI is InChI=1S/C12H14N4O2S2/c1-2-5-18-9-4-3-8(10(17)6-9)7-13-16-11(19)14-15-12(16)20/h3-4,6-7,17H,2,5H2,1H3,(H,14,19)(H,15,20)/b13-7+. The Balaban J connectivity index is 2.22. The minimum atomic E-state index is 0.0827. The maximum atomic E-state index is 9.91. The van der Waals surface area contributed by atoms with Crippen LogP contribution in [0.25, 0.3) is 0 Å². The molecule has 0 atom stereocenters. The van der Waals surface area contributed by atoms with Gasteiger partial charge < -0.3 is 9.84 Å². The molecule has 0 saturated carbocycles. The number of aromatic nitrogens is 3. The number of H-pyrrole nitrogens is 2. The van der Waals surface area contributed by atoms with Crippen molar-refractivity contribution in [2.45, 2.75) is 13.3 Å². The molecule has 20 heavy (non-hydrogen) atoms. The fourth-order valence-electron chi connectivity index (χ4n) is 1.47. The lowest BCUT2D eigenvalue weighted by Gasteiger charge is -2.06. The molecule has 1 heterocycles. The summed E-state index contributed by atoms with van der Waals surface area (Å²) in [6.45, 7) is 2.63. The predicted molar refractivity (Wildman–Crippen MR) is 81.7 cm³/mol. The molecule has 3 N–H and O–H groups in total. The number of nitrogens with one attached hydrogen (secondary N) is 2. The molecule has 0 radical (unpaired) electrons. The SMILES string of the molecule is CCCOc1ccc(/C=N/n2c(=S)[nH][nH]c2=S)c(O)c1. The molecule has 0 amide bonds. The fraction of sp³-hybridized carbons (Fsp3) is 0.250. The van der Waals surface area contributed by atoms with E-state index in [0.29, 0.717) is 27.5 Å². The summed E-state index contributed by atoms with van der Waals surface area (Å²) in [7, 11) is 0. The summed E-state index contributed by atoms with van der Waals surface area (Å²) in [5.41, 5.74) is 0.548. The summed E-state index contributed by atoms with van der Waals surface area (Å²) in [6, 6.07) is 5.04. The van der Waals surface area contributed by atoms with Crippen LogP contribution in [0.1, 0.15) is 18.9 Å². The first-order valence-electron chi connectivity index (χ1n) is 6.01. The zero-order valence-electron chi connectivity index (χ0n) is 10.8. The number of ether oxygens (including phenoxy) is 1. The van der Waals surface area contributed by atoms with E-state index in [1.165, 1.54) is 10.9 Å². The third kappa shape index (κ3) is 3.34. The van der Waals surface area contributed by atoms with Crippen molar-refractivity contribution in [3.8, 4) is 11.5 Å². The van der Waals surface area contributed by atoms with Gasteiger partial charge in [-0.1, -0.05) is 6.92 Å². The van der Waals surface area contributed by atoms with Gasteiger partial charge in [0.25, 0.3) is 0 Å². The molecule has 0 unspecified atom stereocenters. The first kappa shape index (κ1) is 14.5. The Morgan fingerprint density at radius 3 is 2.65 bits per heavy atom. The smallest absolute Gasteiger partial charge is 0.215 e. The molecule has 0 spiro atoms. The second-order valence-corrected chi connectivity index (χ2v) is 4.76. The Morgan fingerprint density at radius 2 is 2.05 bits per heavy atom. The number of phenols is 1. The Labute approximate surface area is 125 Å². The minimum absolute atomic E-state index is 0.0827. The summed E-state index contributed by atoms with van der Waals surface area (Å²) in [4.78, 5) is 0. The molecule has 0 aliphatic rings. The Kier molecular flexibility index (Phi) is 4.70. The van der Waals surface area contributed by atoms with Gasteiger partial charge in [0, 0.05) is 11.6 Å². The lowest BCUT2D eigenvalue weighted by molar-refractivity contribution is 0.315. The first-order valence-corrected chi connectivity index (χ1v) is 6.83. The van der Waals surface area contributed by atoms with Crippen molar-refractivity contribution >= 4 is 30.7 Å². The Bertz CT molecular complexity index is 702. The molecule has 106 valence electrons. The molecule has 8 heteroatoms. The molecular formula is C12H14N4O2S2. The molecule has 0 fully saturated rings. The molecule has 6 nitrogen and oxygen atoms in total. The maximum Gasteiger partial charge on any atom is 0.215 e. The van der Waals surface area contributed by atoms with E-state index in [9.17, 15) is 5.11 Å². The van der Waals surface area contributed by atoms with Crippen LogP contribution in [-0.4, -0.2) is 32.8 Å². The van der Waals surface area contributed by atoms with Crippen molar-refractivity contribution in [3.05, 3.63) is 33.3 Å². The highest BCUT2D eigenvalue weighted by Crippen LogP contribution is 2.22. The molecule has 1 aromatic carbocycles. The van der Waals surface area contributed by atoms with E-state index in [1.54, 1.807) is 18.2 Å². The van der Waals surface area contributed by atoms with E-state index in [1.807, 2.05) is 6.92 Å². The highest BCUT2D eigenvalue weighted by molar-refractivity contribution is 7.72. The Hall–Kier alpha value is -1.93. The largest absolute Gasteiger partial charge is 0.507 e. The van der Waals surface area contributed by atoms with Crippen LogP contribution in [0.5, 0.6) is 11.5 Å². The number of aromatic amines is 2. The second kappa shape index (κ2) is 6.49. The number of hydrogen-bond acceptors (Lipinski definition) is 5. The van der Waals surface area contributed by atoms with Crippen LogP contribution in [0.4, 0.5) is 0 Å². The molecule has 0 bridgehead atoms. The highest BCUT2D eigenvalue weighted by atomic mass is 32.1. The number of benzene rings is 1. The van der Waals surface area contributed by atoms with Crippen LogP contribution in [0.2, 0.25) is 0 Å². The molecule has 0 aliphatic carbocycles. The van der Waals surface area contributed by atoms with Gasteiger partial charge in [0.2, 0.25) is 9.54 Å². The third-order valence-electron chi connectivity index (χ3n) is 2.45.